The first-order valence-corrected chi connectivity index (χ1v) is 7.40. The molecule has 2 N–H and O–H groups in total. The van der Waals surface area contributed by atoms with Gasteiger partial charge in [0, 0.05) is 11.5 Å². The van der Waals surface area contributed by atoms with Gasteiger partial charge in [-0.25, -0.2) is 0 Å². The fraction of sp³-hybridized carbons (Fsp3) is 0.467. The number of aromatic nitrogens is 2. The summed E-state index contributed by atoms with van der Waals surface area (Å²) in [6.45, 7) is 2.28. The Bertz CT molecular complexity index is 611. The van der Waals surface area contributed by atoms with Gasteiger partial charge in [-0.1, -0.05) is 36.5 Å². The number of rotatable bonds is 2. The van der Waals surface area contributed by atoms with E-state index in [9.17, 15) is 0 Å². The smallest absolute Gasteiger partial charge is 0.258 e. The summed E-state index contributed by atoms with van der Waals surface area (Å²) in [4.78, 5) is 4.53. The quantitative estimate of drug-likeness (QED) is 0.839. The molecule has 0 amide bonds. The van der Waals surface area contributed by atoms with Crippen molar-refractivity contribution in [1.29, 1.82) is 0 Å². The summed E-state index contributed by atoms with van der Waals surface area (Å²) >= 11 is 5.92. The van der Waals surface area contributed by atoms with Gasteiger partial charge in [0.2, 0.25) is 0 Å². The van der Waals surface area contributed by atoms with Crippen molar-refractivity contribution in [1.82, 2.24) is 10.1 Å². The van der Waals surface area contributed by atoms with Gasteiger partial charge in [0.15, 0.2) is 5.82 Å². The number of hydrogen-bond donors (Lipinski definition) is 1. The summed E-state index contributed by atoms with van der Waals surface area (Å²) in [7, 11) is 0. The van der Waals surface area contributed by atoms with Crippen molar-refractivity contribution in [2.24, 2.45) is 5.92 Å². The molecule has 106 valence electrons. The molecule has 0 radical (unpaired) electrons. The zero-order valence-electron chi connectivity index (χ0n) is 11.5. The van der Waals surface area contributed by atoms with E-state index in [4.69, 9.17) is 21.9 Å². The topological polar surface area (TPSA) is 64.9 Å². The predicted octanol–water partition coefficient (Wildman–Crippen LogP) is 4.27. The summed E-state index contributed by atoms with van der Waals surface area (Å²) < 4.78 is 5.37. The summed E-state index contributed by atoms with van der Waals surface area (Å²) in [6, 6.07) is 5.36. The number of anilines is 1. The Morgan fingerprint density at radius 3 is 2.95 bits per heavy atom. The van der Waals surface area contributed by atoms with Crippen molar-refractivity contribution >= 4 is 17.3 Å². The first-order chi connectivity index (χ1) is 9.63. The minimum Gasteiger partial charge on any atom is -0.398 e. The van der Waals surface area contributed by atoms with Crippen LogP contribution in [0.15, 0.2) is 22.7 Å². The van der Waals surface area contributed by atoms with Crippen LogP contribution in [0, 0.1) is 5.92 Å². The summed E-state index contributed by atoms with van der Waals surface area (Å²) in [5.41, 5.74) is 7.14. The first kappa shape index (κ1) is 13.4. The molecule has 0 spiro atoms. The van der Waals surface area contributed by atoms with Gasteiger partial charge < -0.3 is 10.3 Å². The Morgan fingerprint density at radius 1 is 1.35 bits per heavy atom. The zero-order valence-corrected chi connectivity index (χ0v) is 12.2. The molecular weight excluding hydrogens is 274 g/mol. The van der Waals surface area contributed by atoms with Gasteiger partial charge in [0.05, 0.1) is 10.7 Å². The van der Waals surface area contributed by atoms with Crippen molar-refractivity contribution in [2.75, 3.05) is 5.73 Å². The van der Waals surface area contributed by atoms with Crippen LogP contribution in [0.2, 0.25) is 5.02 Å². The van der Waals surface area contributed by atoms with E-state index >= 15 is 0 Å². The molecule has 2 atom stereocenters. The summed E-state index contributed by atoms with van der Waals surface area (Å²) in [5.74, 6) is 2.49. The third-order valence-corrected chi connectivity index (χ3v) is 4.33. The predicted molar refractivity (Wildman–Crippen MR) is 79.5 cm³/mol. The lowest BCUT2D eigenvalue weighted by molar-refractivity contribution is 0.324. The number of nitrogens with zero attached hydrogens (tertiary/aromatic N) is 2. The molecule has 1 saturated carbocycles. The van der Waals surface area contributed by atoms with Gasteiger partial charge in [-0.05, 0) is 37.0 Å². The Morgan fingerprint density at radius 2 is 2.20 bits per heavy atom. The number of halogens is 1. The largest absolute Gasteiger partial charge is 0.398 e. The number of nitrogen functional groups attached to an aromatic ring is 1. The van der Waals surface area contributed by atoms with Crippen LogP contribution in [0.1, 0.15) is 44.3 Å². The first-order valence-electron chi connectivity index (χ1n) is 7.02. The van der Waals surface area contributed by atoms with Crippen molar-refractivity contribution in [3.05, 3.63) is 29.0 Å². The second-order valence-corrected chi connectivity index (χ2v) is 6.07. The molecule has 20 heavy (non-hydrogen) atoms. The zero-order chi connectivity index (χ0) is 14.1. The molecule has 0 aliphatic heterocycles. The number of hydrogen-bond acceptors (Lipinski definition) is 4. The standard InChI is InChI=1S/C15H18ClN3O/c1-9-3-2-4-10(7-9)14-18-15(20-19-14)11-5-6-12(16)13(17)8-11/h5-6,8-10H,2-4,7,17H2,1H3. The second-order valence-electron chi connectivity index (χ2n) is 5.66. The molecule has 0 bridgehead atoms. The van der Waals surface area contributed by atoms with Crippen LogP contribution in [0.4, 0.5) is 5.69 Å². The van der Waals surface area contributed by atoms with Crippen LogP contribution in [-0.2, 0) is 0 Å². The molecule has 3 rings (SSSR count). The third-order valence-electron chi connectivity index (χ3n) is 3.99. The fourth-order valence-electron chi connectivity index (χ4n) is 2.86. The van der Waals surface area contributed by atoms with Crippen LogP contribution in [0.25, 0.3) is 11.5 Å². The molecule has 5 heteroatoms. The van der Waals surface area contributed by atoms with Crippen LogP contribution in [-0.4, -0.2) is 10.1 Å². The van der Waals surface area contributed by atoms with E-state index in [2.05, 4.69) is 17.1 Å². The maximum atomic E-state index is 5.92. The van der Waals surface area contributed by atoms with Crippen LogP contribution in [0.3, 0.4) is 0 Å². The minimum atomic E-state index is 0.417. The summed E-state index contributed by atoms with van der Waals surface area (Å²) in [6.07, 6.45) is 4.83. The van der Waals surface area contributed by atoms with Crippen LogP contribution in [0.5, 0.6) is 0 Å². The third kappa shape index (κ3) is 2.66. The molecule has 1 aromatic carbocycles. The Labute approximate surface area is 123 Å². The molecule has 4 nitrogen and oxygen atoms in total. The van der Waals surface area contributed by atoms with E-state index in [0.29, 0.717) is 22.5 Å². The van der Waals surface area contributed by atoms with Gasteiger partial charge in [0.1, 0.15) is 0 Å². The highest BCUT2D eigenvalue weighted by molar-refractivity contribution is 6.33. The van der Waals surface area contributed by atoms with E-state index in [0.717, 1.165) is 30.1 Å². The highest BCUT2D eigenvalue weighted by Gasteiger charge is 2.24. The van der Waals surface area contributed by atoms with Crippen molar-refractivity contribution in [3.63, 3.8) is 0 Å². The van der Waals surface area contributed by atoms with E-state index < -0.39 is 0 Å². The molecule has 1 aromatic heterocycles. The molecule has 0 saturated heterocycles. The second kappa shape index (κ2) is 5.44. The maximum Gasteiger partial charge on any atom is 0.258 e. The monoisotopic (exact) mass is 291 g/mol. The van der Waals surface area contributed by atoms with Crippen molar-refractivity contribution in [2.45, 2.75) is 38.5 Å². The fourth-order valence-corrected chi connectivity index (χ4v) is 2.98. The average molecular weight is 292 g/mol. The highest BCUT2D eigenvalue weighted by atomic mass is 35.5. The molecular formula is C15H18ClN3O. The average Bonchev–Trinajstić information content (AvgIpc) is 2.92. The van der Waals surface area contributed by atoms with E-state index in [1.54, 1.807) is 12.1 Å². The lowest BCUT2D eigenvalue weighted by atomic mass is 9.82. The minimum absolute atomic E-state index is 0.417. The highest BCUT2D eigenvalue weighted by Crippen LogP contribution is 2.35. The normalized spacial score (nSPS) is 22.9. The van der Waals surface area contributed by atoms with Gasteiger partial charge in [-0.2, -0.15) is 4.98 Å². The van der Waals surface area contributed by atoms with Gasteiger partial charge in [0.25, 0.3) is 5.89 Å². The summed E-state index contributed by atoms with van der Waals surface area (Å²) in [5, 5.41) is 4.68. The van der Waals surface area contributed by atoms with Crippen LogP contribution < -0.4 is 5.73 Å². The van der Waals surface area contributed by atoms with E-state index in [-0.39, 0.29) is 0 Å². The van der Waals surface area contributed by atoms with Gasteiger partial charge in [-0.15, -0.1) is 0 Å². The van der Waals surface area contributed by atoms with Gasteiger partial charge >= 0.3 is 0 Å². The SMILES string of the molecule is CC1CCCC(c2noc(-c3ccc(Cl)c(N)c3)n2)C1. The lowest BCUT2D eigenvalue weighted by Crippen LogP contribution is -2.12. The Hall–Kier alpha value is -1.55. The van der Waals surface area contributed by atoms with Gasteiger partial charge in [-0.3, -0.25) is 0 Å². The van der Waals surface area contributed by atoms with Crippen LogP contribution >= 0.6 is 11.6 Å². The van der Waals surface area contributed by atoms with Crippen molar-refractivity contribution < 1.29 is 4.52 Å². The molecule has 1 fully saturated rings. The van der Waals surface area contributed by atoms with Crippen molar-refractivity contribution in [3.8, 4) is 11.5 Å². The Balaban J connectivity index is 1.84. The lowest BCUT2D eigenvalue weighted by Gasteiger charge is -2.23. The number of benzene rings is 1. The molecule has 1 heterocycles. The maximum absolute atomic E-state index is 5.92. The molecule has 2 aromatic rings. The van der Waals surface area contributed by atoms with E-state index in [1.807, 2.05) is 6.07 Å². The van der Waals surface area contributed by atoms with E-state index in [1.165, 1.54) is 12.8 Å². The Kier molecular flexibility index (Phi) is 3.66. The molecule has 1 aliphatic rings. The number of nitrogens with two attached hydrogens (primary N) is 1. The molecule has 2 unspecified atom stereocenters. The molecule has 1 aliphatic carbocycles.